The maximum atomic E-state index is 11.1. The average Bonchev–Trinajstić information content (AvgIpc) is 2.40. The fraction of sp³-hybridized carbons (Fsp3) is 0.500. The molecule has 0 aliphatic heterocycles. The van der Waals surface area contributed by atoms with Gasteiger partial charge in [-0.25, -0.2) is 0 Å². The number of rotatable bonds is 8. The number of benzene rings is 1. The number of alkyl halides is 1. The Hall–Kier alpha value is -1.26. The van der Waals surface area contributed by atoms with E-state index in [2.05, 4.69) is 0 Å². The van der Waals surface area contributed by atoms with E-state index in [0.29, 0.717) is 25.4 Å². The predicted octanol–water partition coefficient (Wildman–Crippen LogP) is 2.30. The second kappa shape index (κ2) is 8.02. The molecular formula is C14H20ClNO3. The van der Waals surface area contributed by atoms with Crippen LogP contribution in [0.4, 0.5) is 5.69 Å². The predicted molar refractivity (Wildman–Crippen MR) is 77.1 cm³/mol. The van der Waals surface area contributed by atoms with Crippen LogP contribution in [0.1, 0.15) is 24.8 Å². The molecule has 0 bridgehead atoms. The van der Waals surface area contributed by atoms with Gasteiger partial charge in [-0.05, 0) is 24.1 Å². The van der Waals surface area contributed by atoms with E-state index >= 15 is 0 Å². The van der Waals surface area contributed by atoms with E-state index in [9.17, 15) is 4.79 Å². The summed E-state index contributed by atoms with van der Waals surface area (Å²) in [7, 11) is 0. The van der Waals surface area contributed by atoms with E-state index in [-0.39, 0.29) is 6.61 Å². The first-order valence-corrected chi connectivity index (χ1v) is 6.92. The van der Waals surface area contributed by atoms with Gasteiger partial charge in [-0.3, -0.25) is 4.79 Å². The standard InChI is InChI=1S/C14H20ClNO3/c1-2-13(14(18)19)11-3-5-12(6-4-11)16(8-7-15)9-10-17/h3-6,13,17H,2,7-10H2,1H3,(H,18,19). The van der Waals surface area contributed by atoms with Crippen molar-refractivity contribution in [3.63, 3.8) is 0 Å². The summed E-state index contributed by atoms with van der Waals surface area (Å²) < 4.78 is 0. The van der Waals surface area contributed by atoms with Crippen molar-refractivity contribution >= 4 is 23.3 Å². The van der Waals surface area contributed by atoms with Crippen LogP contribution in [-0.4, -0.2) is 41.8 Å². The Morgan fingerprint density at radius 2 is 1.95 bits per heavy atom. The molecule has 1 aromatic carbocycles. The van der Waals surface area contributed by atoms with Crippen molar-refractivity contribution in [2.75, 3.05) is 30.5 Å². The van der Waals surface area contributed by atoms with Gasteiger partial charge in [0.25, 0.3) is 0 Å². The third kappa shape index (κ3) is 4.40. The van der Waals surface area contributed by atoms with Crippen molar-refractivity contribution in [2.24, 2.45) is 0 Å². The molecule has 106 valence electrons. The number of hydrogen-bond acceptors (Lipinski definition) is 3. The molecule has 0 aliphatic carbocycles. The number of nitrogens with zero attached hydrogens (tertiary/aromatic N) is 1. The quantitative estimate of drug-likeness (QED) is 0.720. The van der Waals surface area contributed by atoms with Gasteiger partial charge in [0.1, 0.15) is 0 Å². The smallest absolute Gasteiger partial charge is 0.310 e. The molecule has 0 aliphatic rings. The third-order valence-electron chi connectivity index (χ3n) is 3.09. The second-order valence-electron chi connectivity index (χ2n) is 4.29. The minimum atomic E-state index is -0.803. The first-order chi connectivity index (χ1) is 9.13. The third-order valence-corrected chi connectivity index (χ3v) is 3.26. The number of carbonyl (C=O) groups is 1. The first kappa shape index (κ1) is 15.8. The summed E-state index contributed by atoms with van der Waals surface area (Å²) in [5, 5.41) is 18.1. The van der Waals surface area contributed by atoms with Gasteiger partial charge in [0.2, 0.25) is 0 Å². The summed E-state index contributed by atoms with van der Waals surface area (Å²) >= 11 is 5.73. The SMILES string of the molecule is CCC(C(=O)O)c1ccc(N(CCO)CCCl)cc1. The van der Waals surface area contributed by atoms with Crippen LogP contribution in [0.2, 0.25) is 0 Å². The lowest BCUT2D eigenvalue weighted by Crippen LogP contribution is -2.28. The van der Waals surface area contributed by atoms with Crippen LogP contribution in [0.25, 0.3) is 0 Å². The number of aliphatic hydroxyl groups is 1. The van der Waals surface area contributed by atoms with E-state index in [0.717, 1.165) is 11.3 Å². The molecule has 5 heteroatoms. The van der Waals surface area contributed by atoms with Gasteiger partial charge >= 0.3 is 5.97 Å². The Bertz CT molecular complexity index is 388. The van der Waals surface area contributed by atoms with Crippen LogP contribution in [-0.2, 0) is 4.79 Å². The van der Waals surface area contributed by atoms with Gasteiger partial charge < -0.3 is 15.1 Å². The molecule has 19 heavy (non-hydrogen) atoms. The molecule has 0 amide bonds. The molecule has 1 unspecified atom stereocenters. The summed E-state index contributed by atoms with van der Waals surface area (Å²) in [5.74, 6) is -0.786. The maximum Gasteiger partial charge on any atom is 0.310 e. The van der Waals surface area contributed by atoms with Crippen molar-refractivity contribution in [2.45, 2.75) is 19.3 Å². The van der Waals surface area contributed by atoms with Crippen LogP contribution in [0.3, 0.4) is 0 Å². The number of anilines is 1. The van der Waals surface area contributed by atoms with Gasteiger partial charge in [0.15, 0.2) is 0 Å². The molecule has 0 spiro atoms. The van der Waals surface area contributed by atoms with Crippen LogP contribution in [0, 0.1) is 0 Å². The minimum Gasteiger partial charge on any atom is -0.481 e. The number of carboxylic acid groups (broad SMARTS) is 1. The van der Waals surface area contributed by atoms with E-state index in [1.807, 2.05) is 36.1 Å². The van der Waals surface area contributed by atoms with Crippen LogP contribution in [0.5, 0.6) is 0 Å². The molecule has 0 heterocycles. The number of aliphatic carboxylic acids is 1. The monoisotopic (exact) mass is 285 g/mol. The fourth-order valence-corrected chi connectivity index (χ4v) is 2.27. The summed E-state index contributed by atoms with van der Waals surface area (Å²) in [5.41, 5.74) is 1.74. The van der Waals surface area contributed by atoms with Gasteiger partial charge in [0, 0.05) is 24.7 Å². The number of aliphatic hydroxyl groups excluding tert-OH is 1. The van der Waals surface area contributed by atoms with Crippen molar-refractivity contribution in [1.29, 1.82) is 0 Å². The van der Waals surface area contributed by atoms with Crippen LogP contribution in [0.15, 0.2) is 24.3 Å². The highest BCUT2D eigenvalue weighted by Gasteiger charge is 2.17. The van der Waals surface area contributed by atoms with Gasteiger partial charge in [0.05, 0.1) is 12.5 Å². The van der Waals surface area contributed by atoms with E-state index in [4.69, 9.17) is 21.8 Å². The van der Waals surface area contributed by atoms with E-state index in [1.54, 1.807) is 0 Å². The van der Waals surface area contributed by atoms with Crippen LogP contribution >= 0.6 is 11.6 Å². The largest absolute Gasteiger partial charge is 0.481 e. The molecule has 0 aromatic heterocycles. The summed E-state index contributed by atoms with van der Waals surface area (Å²) in [6.45, 7) is 3.09. The van der Waals surface area contributed by atoms with E-state index in [1.165, 1.54) is 0 Å². The molecule has 0 radical (unpaired) electrons. The average molecular weight is 286 g/mol. The molecule has 0 saturated carbocycles. The summed E-state index contributed by atoms with van der Waals surface area (Å²) in [6, 6.07) is 7.42. The second-order valence-corrected chi connectivity index (χ2v) is 4.67. The lowest BCUT2D eigenvalue weighted by molar-refractivity contribution is -0.138. The molecule has 0 fully saturated rings. The molecule has 1 atom stereocenters. The van der Waals surface area contributed by atoms with Crippen LogP contribution < -0.4 is 4.90 Å². The Kier molecular flexibility index (Phi) is 6.67. The first-order valence-electron chi connectivity index (χ1n) is 6.38. The van der Waals surface area contributed by atoms with Crippen molar-refractivity contribution in [3.8, 4) is 0 Å². The van der Waals surface area contributed by atoms with Gasteiger partial charge in [-0.1, -0.05) is 19.1 Å². The number of hydrogen-bond donors (Lipinski definition) is 2. The Balaban J connectivity index is 2.87. The lowest BCUT2D eigenvalue weighted by atomic mass is 9.96. The highest BCUT2D eigenvalue weighted by molar-refractivity contribution is 6.18. The molecular weight excluding hydrogens is 266 g/mol. The van der Waals surface area contributed by atoms with Crippen molar-refractivity contribution < 1.29 is 15.0 Å². The zero-order chi connectivity index (χ0) is 14.3. The van der Waals surface area contributed by atoms with Gasteiger partial charge in [-0.15, -0.1) is 11.6 Å². The molecule has 2 N–H and O–H groups in total. The minimum absolute atomic E-state index is 0.0609. The number of carboxylic acids is 1. The molecule has 0 saturated heterocycles. The van der Waals surface area contributed by atoms with Gasteiger partial charge in [-0.2, -0.15) is 0 Å². The van der Waals surface area contributed by atoms with E-state index < -0.39 is 11.9 Å². The Morgan fingerprint density at radius 1 is 1.32 bits per heavy atom. The summed E-state index contributed by atoms with van der Waals surface area (Å²) in [6.07, 6.45) is 0.566. The zero-order valence-electron chi connectivity index (χ0n) is 11.1. The van der Waals surface area contributed by atoms with Crippen molar-refractivity contribution in [1.82, 2.24) is 0 Å². The van der Waals surface area contributed by atoms with Crippen molar-refractivity contribution in [3.05, 3.63) is 29.8 Å². The molecule has 4 nitrogen and oxygen atoms in total. The zero-order valence-corrected chi connectivity index (χ0v) is 11.8. The summed E-state index contributed by atoms with van der Waals surface area (Å²) in [4.78, 5) is 13.1. The lowest BCUT2D eigenvalue weighted by Gasteiger charge is -2.23. The highest BCUT2D eigenvalue weighted by atomic mass is 35.5. The number of halogens is 1. The fourth-order valence-electron chi connectivity index (χ4n) is 2.06. The normalized spacial score (nSPS) is 12.2. The molecule has 1 aromatic rings. The highest BCUT2D eigenvalue weighted by Crippen LogP contribution is 2.23. The maximum absolute atomic E-state index is 11.1. The Labute approximate surface area is 118 Å². The topological polar surface area (TPSA) is 60.8 Å². The Morgan fingerprint density at radius 3 is 2.37 bits per heavy atom. The molecule has 1 rings (SSSR count).